The van der Waals surface area contributed by atoms with Gasteiger partial charge in [0.05, 0.1) is 6.04 Å². The molecular formula is C12H21N3O3. The van der Waals surface area contributed by atoms with Gasteiger partial charge in [-0.05, 0) is 13.3 Å². The van der Waals surface area contributed by atoms with Gasteiger partial charge in [-0.15, -0.1) is 0 Å². The average molecular weight is 255 g/mol. The van der Waals surface area contributed by atoms with Gasteiger partial charge >= 0.3 is 5.97 Å². The van der Waals surface area contributed by atoms with Gasteiger partial charge in [0.1, 0.15) is 6.04 Å². The van der Waals surface area contributed by atoms with E-state index in [0.29, 0.717) is 0 Å². The van der Waals surface area contributed by atoms with Crippen LogP contribution in [-0.2, 0) is 9.59 Å². The molecule has 0 radical (unpaired) electrons. The Morgan fingerprint density at radius 3 is 2.33 bits per heavy atom. The summed E-state index contributed by atoms with van der Waals surface area (Å²) in [4.78, 5) is 28.7. The van der Waals surface area contributed by atoms with E-state index in [4.69, 9.17) is 5.11 Å². The number of carbonyl (C=O) groups is 2. The summed E-state index contributed by atoms with van der Waals surface area (Å²) in [5, 5.41) is 8.97. The second-order valence-corrected chi connectivity index (χ2v) is 5.15. The molecule has 2 unspecified atom stereocenters. The third kappa shape index (κ3) is 2.49. The van der Waals surface area contributed by atoms with Crippen molar-refractivity contribution in [2.75, 3.05) is 39.8 Å². The van der Waals surface area contributed by atoms with Crippen LogP contribution in [0.15, 0.2) is 0 Å². The van der Waals surface area contributed by atoms with Crippen LogP contribution in [0.5, 0.6) is 0 Å². The monoisotopic (exact) mass is 255 g/mol. The van der Waals surface area contributed by atoms with E-state index in [1.807, 2.05) is 11.9 Å². The lowest BCUT2D eigenvalue weighted by molar-refractivity contribution is -0.144. The first-order chi connectivity index (χ1) is 8.50. The maximum atomic E-state index is 11.9. The molecule has 2 atom stereocenters. The molecule has 102 valence electrons. The highest BCUT2D eigenvalue weighted by Crippen LogP contribution is 2.18. The largest absolute Gasteiger partial charge is 0.480 e. The fourth-order valence-electron chi connectivity index (χ4n) is 2.74. The second kappa shape index (κ2) is 5.24. The van der Waals surface area contributed by atoms with Crippen LogP contribution >= 0.6 is 0 Å². The third-order valence-electron chi connectivity index (χ3n) is 4.09. The van der Waals surface area contributed by atoms with Crippen LogP contribution in [0.4, 0.5) is 0 Å². The predicted molar refractivity (Wildman–Crippen MR) is 66.3 cm³/mol. The molecule has 0 aromatic heterocycles. The third-order valence-corrected chi connectivity index (χ3v) is 4.09. The van der Waals surface area contributed by atoms with Crippen molar-refractivity contribution >= 4 is 11.9 Å². The van der Waals surface area contributed by atoms with Gasteiger partial charge in [-0.1, -0.05) is 0 Å². The molecule has 1 amide bonds. The first kappa shape index (κ1) is 13.3. The number of nitrogens with zero attached hydrogens (tertiary/aromatic N) is 3. The van der Waals surface area contributed by atoms with Crippen LogP contribution in [0.3, 0.4) is 0 Å². The summed E-state index contributed by atoms with van der Waals surface area (Å²) >= 11 is 0. The average Bonchev–Trinajstić information content (AvgIpc) is 2.69. The molecule has 2 heterocycles. The molecule has 18 heavy (non-hydrogen) atoms. The molecule has 6 nitrogen and oxygen atoms in total. The fourth-order valence-corrected chi connectivity index (χ4v) is 2.74. The van der Waals surface area contributed by atoms with E-state index in [9.17, 15) is 9.59 Å². The van der Waals surface area contributed by atoms with Crippen LogP contribution in [0.25, 0.3) is 0 Å². The number of carboxylic acid groups (broad SMARTS) is 1. The highest BCUT2D eigenvalue weighted by Gasteiger charge is 2.36. The van der Waals surface area contributed by atoms with Crippen LogP contribution in [0.1, 0.15) is 13.3 Å². The molecule has 0 aromatic rings. The van der Waals surface area contributed by atoms with Gasteiger partial charge in [0.15, 0.2) is 0 Å². The first-order valence-corrected chi connectivity index (χ1v) is 6.46. The van der Waals surface area contributed by atoms with Crippen molar-refractivity contribution in [3.05, 3.63) is 0 Å². The van der Waals surface area contributed by atoms with Gasteiger partial charge in [-0.3, -0.25) is 19.4 Å². The molecule has 2 fully saturated rings. The Labute approximate surface area is 107 Å². The molecule has 2 saturated heterocycles. The van der Waals surface area contributed by atoms with Gasteiger partial charge in [0, 0.05) is 39.8 Å². The Kier molecular flexibility index (Phi) is 3.87. The van der Waals surface area contributed by atoms with E-state index in [-0.39, 0.29) is 11.9 Å². The summed E-state index contributed by atoms with van der Waals surface area (Å²) in [7, 11) is 1.84. The fraction of sp³-hybridized carbons (Fsp3) is 0.833. The summed E-state index contributed by atoms with van der Waals surface area (Å²) < 4.78 is 0. The number of aliphatic carboxylic acids is 1. The number of likely N-dealkylation sites (N-methyl/N-ethyl adjacent to an activating group) is 1. The molecule has 0 aromatic carbocycles. The van der Waals surface area contributed by atoms with Crippen molar-refractivity contribution in [2.24, 2.45) is 0 Å². The van der Waals surface area contributed by atoms with Gasteiger partial charge in [0.25, 0.3) is 0 Å². The van der Waals surface area contributed by atoms with Crippen molar-refractivity contribution < 1.29 is 14.7 Å². The lowest BCUT2D eigenvalue weighted by atomic mass is 10.1. The number of carbonyl (C=O) groups excluding carboxylic acids is 1. The minimum absolute atomic E-state index is 0.0114. The SMILES string of the molecule is CC(C(=O)O)N1CCN(C2CCN(C)C2=O)CC1. The van der Waals surface area contributed by atoms with Gasteiger partial charge in [0.2, 0.25) is 5.91 Å². The molecule has 2 rings (SSSR count). The topological polar surface area (TPSA) is 64.1 Å². The van der Waals surface area contributed by atoms with E-state index in [1.54, 1.807) is 11.8 Å². The van der Waals surface area contributed by atoms with Crippen molar-refractivity contribution in [2.45, 2.75) is 25.4 Å². The molecule has 1 N–H and O–H groups in total. The van der Waals surface area contributed by atoms with Gasteiger partial charge in [-0.25, -0.2) is 0 Å². The summed E-state index contributed by atoms with van der Waals surface area (Å²) in [6, 6.07) is -0.425. The molecule has 6 heteroatoms. The zero-order valence-corrected chi connectivity index (χ0v) is 11.0. The standard InChI is InChI=1S/C12H21N3O3/c1-9(12(17)18)14-5-7-15(8-6-14)10-3-4-13(2)11(10)16/h9-10H,3-8H2,1-2H3,(H,17,18). The Bertz CT molecular complexity index is 339. The summed E-state index contributed by atoms with van der Waals surface area (Å²) in [6.45, 7) is 5.55. The normalized spacial score (nSPS) is 28.7. The maximum Gasteiger partial charge on any atom is 0.320 e. The van der Waals surface area contributed by atoms with Crippen LogP contribution in [-0.4, -0.2) is 83.5 Å². The Balaban J connectivity index is 1.87. The van der Waals surface area contributed by atoms with Gasteiger partial charge < -0.3 is 10.0 Å². The van der Waals surface area contributed by atoms with Crippen molar-refractivity contribution in [1.82, 2.24) is 14.7 Å². The number of hydrogen-bond donors (Lipinski definition) is 1. The lowest BCUT2D eigenvalue weighted by Crippen LogP contribution is -2.55. The highest BCUT2D eigenvalue weighted by atomic mass is 16.4. The summed E-state index contributed by atoms with van der Waals surface area (Å²) in [5.74, 6) is -0.574. The highest BCUT2D eigenvalue weighted by molar-refractivity contribution is 5.83. The molecule has 0 bridgehead atoms. The van der Waals surface area contributed by atoms with E-state index in [1.165, 1.54) is 0 Å². The molecule has 2 aliphatic heterocycles. The zero-order chi connectivity index (χ0) is 13.3. The molecular weight excluding hydrogens is 234 g/mol. The summed E-state index contributed by atoms with van der Waals surface area (Å²) in [6.07, 6.45) is 0.893. The van der Waals surface area contributed by atoms with Crippen LogP contribution < -0.4 is 0 Å². The number of piperazine rings is 1. The molecule has 0 spiro atoms. The molecule has 0 aliphatic carbocycles. The Morgan fingerprint density at radius 2 is 1.89 bits per heavy atom. The lowest BCUT2D eigenvalue weighted by Gasteiger charge is -2.38. The van der Waals surface area contributed by atoms with E-state index >= 15 is 0 Å². The number of amides is 1. The Hall–Kier alpha value is -1.14. The van der Waals surface area contributed by atoms with E-state index < -0.39 is 12.0 Å². The number of carboxylic acids is 1. The van der Waals surface area contributed by atoms with Crippen molar-refractivity contribution in [1.29, 1.82) is 0 Å². The zero-order valence-electron chi connectivity index (χ0n) is 11.0. The van der Waals surface area contributed by atoms with Gasteiger partial charge in [-0.2, -0.15) is 0 Å². The smallest absolute Gasteiger partial charge is 0.320 e. The van der Waals surface area contributed by atoms with E-state index in [2.05, 4.69) is 4.90 Å². The minimum Gasteiger partial charge on any atom is -0.480 e. The second-order valence-electron chi connectivity index (χ2n) is 5.15. The van der Waals surface area contributed by atoms with E-state index in [0.717, 1.165) is 39.1 Å². The number of likely N-dealkylation sites (tertiary alicyclic amines) is 1. The Morgan fingerprint density at radius 1 is 1.28 bits per heavy atom. The molecule has 0 saturated carbocycles. The summed E-state index contributed by atoms with van der Waals surface area (Å²) in [5.41, 5.74) is 0. The maximum absolute atomic E-state index is 11.9. The van der Waals surface area contributed by atoms with Crippen molar-refractivity contribution in [3.8, 4) is 0 Å². The quantitative estimate of drug-likeness (QED) is 0.723. The predicted octanol–water partition coefficient (Wildman–Crippen LogP) is -0.692. The minimum atomic E-state index is -0.778. The van der Waals surface area contributed by atoms with Crippen LogP contribution in [0.2, 0.25) is 0 Å². The van der Waals surface area contributed by atoms with Crippen molar-refractivity contribution in [3.63, 3.8) is 0 Å². The van der Waals surface area contributed by atoms with Crippen LogP contribution in [0, 0.1) is 0 Å². The molecule has 2 aliphatic rings. The first-order valence-electron chi connectivity index (χ1n) is 6.46. The number of hydrogen-bond acceptors (Lipinski definition) is 4. The number of rotatable bonds is 3.